The first-order chi connectivity index (χ1) is 17.3. The zero-order chi connectivity index (χ0) is 25.7. The molecule has 7 heteroatoms. The Kier molecular flexibility index (Phi) is 8.29. The van der Waals surface area contributed by atoms with Crippen molar-refractivity contribution in [2.45, 2.75) is 52.1 Å². The lowest BCUT2D eigenvalue weighted by Crippen LogP contribution is -2.45. The van der Waals surface area contributed by atoms with Crippen molar-refractivity contribution in [2.75, 3.05) is 33.3 Å². The highest BCUT2D eigenvalue weighted by Gasteiger charge is 2.47. The second-order valence-corrected chi connectivity index (χ2v) is 10.5. The Hall–Kier alpha value is -2.93. The number of likely N-dealkylation sites (tertiary alicyclic amines) is 2. The van der Waals surface area contributed by atoms with Crippen molar-refractivity contribution in [2.24, 2.45) is 11.3 Å². The number of nitrogens with zero attached hydrogens (tertiary/aromatic N) is 2. The smallest absolute Gasteiger partial charge is 0.229 e. The molecular weight excluding hydrogens is 457 g/mol. The number of amides is 2. The molecule has 0 bridgehead atoms. The lowest BCUT2D eigenvalue weighted by atomic mass is 9.77. The lowest BCUT2D eigenvalue weighted by Gasteiger charge is -2.38. The summed E-state index contributed by atoms with van der Waals surface area (Å²) in [5.41, 5.74) is 1.65. The van der Waals surface area contributed by atoms with Gasteiger partial charge in [-0.25, -0.2) is 4.39 Å². The van der Waals surface area contributed by atoms with E-state index in [0.717, 1.165) is 62.3 Å². The molecule has 4 rings (SSSR count). The SMILES string of the molecule is COc1ccc(CN2CCC3(CCN(CCC(NC(=O)C(C)C)c4cccc(F)c4)CC3)C2=O)cc1. The highest BCUT2D eigenvalue weighted by atomic mass is 19.1. The minimum absolute atomic E-state index is 0.0321. The van der Waals surface area contributed by atoms with Crippen LogP contribution in [0.15, 0.2) is 48.5 Å². The van der Waals surface area contributed by atoms with Gasteiger partial charge in [-0.3, -0.25) is 9.59 Å². The number of halogens is 1. The van der Waals surface area contributed by atoms with E-state index in [0.29, 0.717) is 13.0 Å². The molecule has 1 atom stereocenters. The third-order valence-electron chi connectivity index (χ3n) is 7.77. The molecule has 2 aliphatic rings. The summed E-state index contributed by atoms with van der Waals surface area (Å²) in [7, 11) is 1.65. The molecule has 0 aliphatic carbocycles. The maximum absolute atomic E-state index is 13.9. The number of piperidine rings is 1. The summed E-state index contributed by atoms with van der Waals surface area (Å²) in [5, 5.41) is 3.09. The molecule has 2 heterocycles. The Morgan fingerprint density at radius 3 is 2.42 bits per heavy atom. The second kappa shape index (κ2) is 11.4. The van der Waals surface area contributed by atoms with Crippen LogP contribution in [0.3, 0.4) is 0 Å². The third-order valence-corrected chi connectivity index (χ3v) is 7.77. The van der Waals surface area contributed by atoms with Crippen molar-refractivity contribution in [3.05, 3.63) is 65.5 Å². The largest absolute Gasteiger partial charge is 0.497 e. The lowest BCUT2D eigenvalue weighted by molar-refractivity contribution is -0.139. The molecule has 6 nitrogen and oxygen atoms in total. The second-order valence-electron chi connectivity index (χ2n) is 10.5. The summed E-state index contributed by atoms with van der Waals surface area (Å²) in [6.45, 7) is 7.66. The maximum Gasteiger partial charge on any atom is 0.229 e. The van der Waals surface area contributed by atoms with Crippen molar-refractivity contribution >= 4 is 11.8 Å². The highest BCUT2D eigenvalue weighted by Crippen LogP contribution is 2.42. The predicted octanol–water partition coefficient (Wildman–Crippen LogP) is 4.55. The number of ether oxygens (including phenoxy) is 1. The first kappa shape index (κ1) is 26.1. The van der Waals surface area contributed by atoms with Gasteiger partial charge in [0.15, 0.2) is 0 Å². The summed E-state index contributed by atoms with van der Waals surface area (Å²) in [6, 6.07) is 14.2. The number of benzene rings is 2. The minimum atomic E-state index is -0.296. The van der Waals surface area contributed by atoms with E-state index in [4.69, 9.17) is 4.74 Å². The van der Waals surface area contributed by atoms with Gasteiger partial charge in [0.05, 0.1) is 18.6 Å². The molecule has 2 fully saturated rings. The number of carbonyl (C=O) groups excluding carboxylic acids is 2. The van der Waals surface area contributed by atoms with Crippen molar-refractivity contribution in [3.8, 4) is 5.75 Å². The highest BCUT2D eigenvalue weighted by molar-refractivity contribution is 5.85. The van der Waals surface area contributed by atoms with Crippen LogP contribution in [0.5, 0.6) is 5.75 Å². The number of hydrogen-bond donors (Lipinski definition) is 1. The number of rotatable bonds is 9. The van der Waals surface area contributed by atoms with Crippen LogP contribution >= 0.6 is 0 Å². The molecule has 2 saturated heterocycles. The first-order valence-corrected chi connectivity index (χ1v) is 13.0. The summed E-state index contributed by atoms with van der Waals surface area (Å²) in [4.78, 5) is 30.2. The Bertz CT molecular complexity index is 1050. The van der Waals surface area contributed by atoms with Crippen molar-refractivity contribution in [1.29, 1.82) is 0 Å². The van der Waals surface area contributed by atoms with Gasteiger partial charge >= 0.3 is 0 Å². The molecule has 2 aromatic rings. The van der Waals surface area contributed by atoms with Gasteiger partial charge in [-0.2, -0.15) is 0 Å². The van der Waals surface area contributed by atoms with Crippen LogP contribution in [-0.2, 0) is 16.1 Å². The summed E-state index contributed by atoms with van der Waals surface area (Å²) < 4.78 is 19.1. The van der Waals surface area contributed by atoms with Gasteiger partial charge in [0.25, 0.3) is 0 Å². The molecule has 1 N–H and O–H groups in total. The Morgan fingerprint density at radius 2 is 1.78 bits per heavy atom. The fraction of sp³-hybridized carbons (Fsp3) is 0.517. The van der Waals surface area contributed by atoms with E-state index in [-0.39, 0.29) is 35.0 Å². The standard InChI is InChI=1S/C29H38FN3O3/c1-21(2)27(34)31-26(23-5-4-6-24(30)19-23)11-15-32-16-12-29(13-17-32)14-18-33(28(29)35)20-22-7-9-25(36-3)10-8-22/h4-10,19,21,26H,11-18,20H2,1-3H3,(H,31,34). The normalized spacial score (nSPS) is 18.6. The van der Waals surface area contributed by atoms with Crippen LogP contribution in [0, 0.1) is 17.2 Å². The van der Waals surface area contributed by atoms with Gasteiger partial charge in [0.2, 0.25) is 11.8 Å². The van der Waals surface area contributed by atoms with Crippen LogP contribution in [0.1, 0.15) is 56.7 Å². The fourth-order valence-electron chi connectivity index (χ4n) is 5.36. The molecule has 2 aliphatic heterocycles. The first-order valence-electron chi connectivity index (χ1n) is 13.0. The Labute approximate surface area is 213 Å². The van der Waals surface area contributed by atoms with Crippen molar-refractivity contribution in [1.82, 2.24) is 15.1 Å². The average molecular weight is 496 g/mol. The van der Waals surface area contributed by atoms with E-state index < -0.39 is 0 Å². The number of methoxy groups -OCH3 is 1. The topological polar surface area (TPSA) is 61.9 Å². The molecule has 36 heavy (non-hydrogen) atoms. The monoisotopic (exact) mass is 495 g/mol. The number of hydrogen-bond acceptors (Lipinski definition) is 4. The molecule has 1 spiro atoms. The molecule has 1 unspecified atom stereocenters. The van der Waals surface area contributed by atoms with Crippen molar-refractivity contribution < 1.29 is 18.7 Å². The minimum Gasteiger partial charge on any atom is -0.497 e. The van der Waals surface area contributed by atoms with Crippen LogP contribution in [-0.4, -0.2) is 54.9 Å². The van der Waals surface area contributed by atoms with Crippen LogP contribution in [0.2, 0.25) is 0 Å². The van der Waals surface area contributed by atoms with E-state index >= 15 is 0 Å². The maximum atomic E-state index is 13.9. The van der Waals surface area contributed by atoms with Gasteiger partial charge in [-0.15, -0.1) is 0 Å². The molecule has 0 aromatic heterocycles. The molecule has 194 valence electrons. The Morgan fingerprint density at radius 1 is 1.08 bits per heavy atom. The molecule has 2 amide bonds. The van der Waals surface area contributed by atoms with E-state index in [2.05, 4.69) is 10.2 Å². The van der Waals surface area contributed by atoms with Crippen LogP contribution in [0.4, 0.5) is 4.39 Å². The summed E-state index contributed by atoms with van der Waals surface area (Å²) in [6.07, 6.45) is 3.32. The van der Waals surface area contributed by atoms with Gasteiger partial charge in [-0.1, -0.05) is 38.1 Å². The zero-order valence-corrected chi connectivity index (χ0v) is 21.6. The van der Waals surface area contributed by atoms with E-state index in [9.17, 15) is 14.0 Å². The molecule has 2 aromatic carbocycles. The molecule has 0 radical (unpaired) electrons. The predicted molar refractivity (Wildman–Crippen MR) is 138 cm³/mol. The third kappa shape index (κ3) is 6.06. The van der Waals surface area contributed by atoms with Crippen LogP contribution < -0.4 is 10.1 Å². The zero-order valence-electron chi connectivity index (χ0n) is 21.6. The summed E-state index contributed by atoms with van der Waals surface area (Å²) in [5.74, 6) is 0.634. The van der Waals surface area contributed by atoms with E-state index in [1.165, 1.54) is 12.1 Å². The van der Waals surface area contributed by atoms with Gasteiger partial charge in [-0.05, 0) is 74.2 Å². The average Bonchev–Trinajstić information content (AvgIpc) is 3.17. The number of nitrogens with one attached hydrogen (secondary N) is 1. The number of carbonyl (C=O) groups is 2. The molecule has 0 saturated carbocycles. The summed E-state index contributed by atoms with van der Waals surface area (Å²) >= 11 is 0. The fourth-order valence-corrected chi connectivity index (χ4v) is 5.36. The van der Waals surface area contributed by atoms with Crippen LogP contribution in [0.25, 0.3) is 0 Å². The molecular formula is C29H38FN3O3. The van der Waals surface area contributed by atoms with E-state index in [1.54, 1.807) is 13.2 Å². The Balaban J connectivity index is 1.32. The van der Waals surface area contributed by atoms with E-state index in [1.807, 2.05) is 49.1 Å². The van der Waals surface area contributed by atoms with Gasteiger partial charge < -0.3 is 19.9 Å². The van der Waals surface area contributed by atoms with Crippen molar-refractivity contribution in [3.63, 3.8) is 0 Å². The van der Waals surface area contributed by atoms with Gasteiger partial charge in [0, 0.05) is 25.6 Å². The van der Waals surface area contributed by atoms with Gasteiger partial charge in [0.1, 0.15) is 11.6 Å². The quantitative estimate of drug-likeness (QED) is 0.554.